The summed E-state index contributed by atoms with van der Waals surface area (Å²) >= 11 is 4.33. The van der Waals surface area contributed by atoms with Crippen LogP contribution in [0.2, 0.25) is 0 Å². The number of hydrogen-bond acceptors (Lipinski definition) is 2. The Bertz CT molecular complexity index is 809. The fourth-order valence-corrected chi connectivity index (χ4v) is 4.05. The van der Waals surface area contributed by atoms with Crippen molar-refractivity contribution in [1.82, 2.24) is 0 Å². The van der Waals surface area contributed by atoms with E-state index in [0.717, 1.165) is 16.2 Å². The molecular formula is C18H14BrF3N2OS. The Labute approximate surface area is 161 Å². The molecule has 1 aliphatic rings. The molecule has 8 heteroatoms. The molecule has 3 nitrogen and oxygen atoms in total. The summed E-state index contributed by atoms with van der Waals surface area (Å²) in [6.45, 7) is 0.146. The van der Waals surface area contributed by atoms with Crippen molar-refractivity contribution in [1.29, 1.82) is 0 Å². The largest absolute Gasteiger partial charge is 0.390 e. The molecule has 1 heterocycles. The van der Waals surface area contributed by atoms with Gasteiger partial charge in [-0.1, -0.05) is 45.9 Å². The van der Waals surface area contributed by atoms with Crippen LogP contribution in [0.3, 0.4) is 0 Å². The summed E-state index contributed by atoms with van der Waals surface area (Å²) in [5.74, 6) is -0.470. The summed E-state index contributed by atoms with van der Waals surface area (Å²) in [6, 6.07) is 15.6. The molecule has 1 atom stereocenters. The quantitative estimate of drug-likeness (QED) is 0.627. The van der Waals surface area contributed by atoms with Crippen molar-refractivity contribution in [3.8, 4) is 0 Å². The molecule has 1 saturated heterocycles. The van der Waals surface area contributed by atoms with Gasteiger partial charge in [0, 0.05) is 27.5 Å². The molecule has 2 aromatic carbocycles. The lowest BCUT2D eigenvalue weighted by molar-refractivity contribution is -0.133. The minimum atomic E-state index is -4.26. The molecule has 136 valence electrons. The third-order valence-corrected chi connectivity index (χ3v) is 5.40. The van der Waals surface area contributed by atoms with Gasteiger partial charge in [-0.05, 0) is 36.4 Å². The zero-order chi connectivity index (χ0) is 18.7. The maximum Gasteiger partial charge on any atom is 0.390 e. The molecule has 3 rings (SSSR count). The highest BCUT2D eigenvalue weighted by atomic mass is 79.9. The van der Waals surface area contributed by atoms with E-state index in [9.17, 15) is 18.0 Å². The highest BCUT2D eigenvalue weighted by Crippen LogP contribution is 2.37. The zero-order valence-electron chi connectivity index (χ0n) is 13.4. The first-order valence-corrected chi connectivity index (χ1v) is 9.44. The lowest BCUT2D eigenvalue weighted by Gasteiger charge is -2.18. The van der Waals surface area contributed by atoms with Gasteiger partial charge < -0.3 is 4.90 Å². The van der Waals surface area contributed by atoms with Gasteiger partial charge in [-0.3, -0.25) is 4.79 Å². The average Bonchev–Trinajstić information content (AvgIpc) is 2.96. The summed E-state index contributed by atoms with van der Waals surface area (Å²) in [5.41, 5.74) is 1.10. The van der Waals surface area contributed by atoms with E-state index >= 15 is 0 Å². The van der Waals surface area contributed by atoms with Gasteiger partial charge in [-0.2, -0.15) is 18.2 Å². The number of halogens is 4. The molecule has 1 fully saturated rings. The number of carbonyl (C=O) groups excluding carboxylic acids is 1. The van der Waals surface area contributed by atoms with Crippen LogP contribution in [0.5, 0.6) is 0 Å². The van der Waals surface area contributed by atoms with Crippen molar-refractivity contribution in [3.63, 3.8) is 0 Å². The molecule has 1 amide bonds. The first-order valence-electron chi connectivity index (χ1n) is 7.76. The maximum atomic E-state index is 12.8. The monoisotopic (exact) mass is 442 g/mol. The number of thioether (sulfide) groups is 1. The van der Waals surface area contributed by atoms with E-state index < -0.39 is 23.8 Å². The van der Waals surface area contributed by atoms with Gasteiger partial charge in [0.2, 0.25) is 0 Å². The van der Waals surface area contributed by atoms with E-state index in [2.05, 4.69) is 20.9 Å². The van der Waals surface area contributed by atoms with Crippen molar-refractivity contribution in [2.24, 2.45) is 4.99 Å². The Hall–Kier alpha value is -1.80. The van der Waals surface area contributed by atoms with Gasteiger partial charge >= 0.3 is 6.18 Å². The number of aliphatic imine (C=N–C) groups is 1. The second kappa shape index (κ2) is 7.84. The van der Waals surface area contributed by atoms with Gasteiger partial charge in [-0.15, -0.1) is 0 Å². The number of carbonyl (C=O) groups is 1. The van der Waals surface area contributed by atoms with E-state index in [0.29, 0.717) is 11.3 Å². The van der Waals surface area contributed by atoms with E-state index in [4.69, 9.17) is 0 Å². The van der Waals surface area contributed by atoms with Crippen LogP contribution in [0.4, 0.5) is 18.9 Å². The smallest absolute Gasteiger partial charge is 0.320 e. The maximum absolute atomic E-state index is 12.8. The number of amidine groups is 1. The number of amides is 1. The summed E-state index contributed by atoms with van der Waals surface area (Å²) < 4.78 is 39.3. The first-order chi connectivity index (χ1) is 12.3. The summed E-state index contributed by atoms with van der Waals surface area (Å²) in [6.07, 6.45) is -5.19. The van der Waals surface area contributed by atoms with Crippen LogP contribution >= 0.6 is 27.7 Å². The number of benzene rings is 2. The van der Waals surface area contributed by atoms with E-state index in [1.807, 2.05) is 0 Å². The zero-order valence-corrected chi connectivity index (χ0v) is 15.8. The van der Waals surface area contributed by atoms with Crippen molar-refractivity contribution >= 4 is 44.5 Å². The molecule has 0 aliphatic carbocycles. The number of alkyl halides is 3. The molecule has 0 N–H and O–H groups in total. The summed E-state index contributed by atoms with van der Waals surface area (Å²) in [5, 5.41) is -0.420. The molecule has 0 bridgehead atoms. The van der Waals surface area contributed by atoms with Crippen molar-refractivity contribution in [2.75, 3.05) is 11.4 Å². The molecule has 1 aliphatic heterocycles. The van der Waals surface area contributed by atoms with E-state index in [1.54, 1.807) is 59.5 Å². The van der Waals surface area contributed by atoms with Crippen molar-refractivity contribution in [2.45, 2.75) is 17.8 Å². The van der Waals surface area contributed by atoms with Crippen LogP contribution in [0, 0.1) is 0 Å². The lowest BCUT2D eigenvalue weighted by atomic mass is 10.2. The van der Waals surface area contributed by atoms with Gasteiger partial charge in [0.1, 0.15) is 0 Å². The van der Waals surface area contributed by atoms with Crippen molar-refractivity contribution in [3.05, 3.63) is 64.6 Å². The Kier molecular flexibility index (Phi) is 5.72. The first kappa shape index (κ1) is 19.0. The van der Waals surface area contributed by atoms with Crippen LogP contribution in [-0.4, -0.2) is 29.0 Å². The third kappa shape index (κ3) is 4.88. The molecule has 26 heavy (non-hydrogen) atoms. The van der Waals surface area contributed by atoms with Crippen LogP contribution in [0.1, 0.15) is 16.8 Å². The second-order valence-corrected chi connectivity index (χ2v) is 7.89. The minimum Gasteiger partial charge on any atom is -0.320 e. The number of anilines is 1. The Balaban J connectivity index is 1.89. The number of hydrogen-bond donors (Lipinski definition) is 0. The molecule has 1 unspecified atom stereocenters. The fourth-order valence-electron chi connectivity index (χ4n) is 2.55. The molecular weight excluding hydrogens is 429 g/mol. The minimum absolute atomic E-state index is 0.146. The van der Waals surface area contributed by atoms with Gasteiger partial charge in [0.15, 0.2) is 5.17 Å². The van der Waals surface area contributed by atoms with Crippen LogP contribution in [-0.2, 0) is 0 Å². The average molecular weight is 443 g/mol. The van der Waals surface area contributed by atoms with Gasteiger partial charge in [0.05, 0.1) is 6.42 Å². The normalized spacial score (nSPS) is 19.2. The van der Waals surface area contributed by atoms with E-state index in [-0.39, 0.29) is 11.7 Å². The summed E-state index contributed by atoms with van der Waals surface area (Å²) in [7, 11) is 0. The summed E-state index contributed by atoms with van der Waals surface area (Å²) in [4.78, 5) is 18.1. The predicted molar refractivity (Wildman–Crippen MR) is 102 cm³/mol. The Morgan fingerprint density at radius 2 is 1.81 bits per heavy atom. The molecule has 0 saturated carbocycles. The van der Waals surface area contributed by atoms with Crippen LogP contribution in [0.15, 0.2) is 64.1 Å². The lowest BCUT2D eigenvalue weighted by Crippen LogP contribution is -2.27. The highest BCUT2D eigenvalue weighted by molar-refractivity contribution is 9.10. The highest BCUT2D eigenvalue weighted by Gasteiger charge is 2.39. The van der Waals surface area contributed by atoms with Gasteiger partial charge in [-0.25, -0.2) is 0 Å². The standard InChI is InChI=1S/C18H14BrF3N2OS/c19-13-6-8-14(9-7-13)24-11-15(10-18(20,21)22)26-17(24)23-16(25)12-4-2-1-3-5-12/h1-9,15H,10-11H2. The molecule has 0 radical (unpaired) electrons. The van der Waals surface area contributed by atoms with Crippen LogP contribution < -0.4 is 4.90 Å². The molecule has 0 aromatic heterocycles. The van der Waals surface area contributed by atoms with Crippen LogP contribution in [0.25, 0.3) is 0 Å². The topological polar surface area (TPSA) is 32.7 Å². The third-order valence-electron chi connectivity index (χ3n) is 3.70. The Morgan fingerprint density at radius 1 is 1.15 bits per heavy atom. The number of nitrogens with zero attached hydrogens (tertiary/aromatic N) is 2. The molecule has 0 spiro atoms. The van der Waals surface area contributed by atoms with Crippen molar-refractivity contribution < 1.29 is 18.0 Å². The SMILES string of the molecule is O=C(N=C1SC(CC(F)(F)F)CN1c1ccc(Br)cc1)c1ccccc1. The fraction of sp³-hybridized carbons (Fsp3) is 0.222. The number of rotatable bonds is 3. The van der Waals surface area contributed by atoms with Gasteiger partial charge in [0.25, 0.3) is 5.91 Å². The second-order valence-electron chi connectivity index (χ2n) is 5.71. The predicted octanol–water partition coefficient (Wildman–Crippen LogP) is 5.52. The molecule has 2 aromatic rings. The van der Waals surface area contributed by atoms with E-state index in [1.165, 1.54) is 0 Å². The Morgan fingerprint density at radius 3 is 2.42 bits per heavy atom.